The molecular formula is C19H26N4O8. The van der Waals surface area contributed by atoms with Gasteiger partial charge in [0.25, 0.3) is 11.8 Å². The third kappa shape index (κ3) is 6.72. The average Bonchev–Trinajstić information content (AvgIpc) is 3.42. The van der Waals surface area contributed by atoms with Gasteiger partial charge in [0.15, 0.2) is 5.66 Å². The van der Waals surface area contributed by atoms with E-state index in [1.54, 1.807) is 0 Å². The van der Waals surface area contributed by atoms with Gasteiger partial charge >= 0.3 is 12.1 Å². The highest BCUT2D eigenvalue weighted by molar-refractivity contribution is 6.01. The van der Waals surface area contributed by atoms with Crippen LogP contribution in [-0.2, 0) is 33.5 Å². The molecular weight excluding hydrogens is 412 g/mol. The number of hydrogen-bond donors (Lipinski definition) is 1. The van der Waals surface area contributed by atoms with E-state index in [1.807, 2.05) is 6.92 Å². The van der Waals surface area contributed by atoms with Gasteiger partial charge in [-0.05, 0) is 38.5 Å². The molecule has 31 heavy (non-hydrogen) atoms. The fourth-order valence-electron chi connectivity index (χ4n) is 3.50. The molecule has 0 atom stereocenters. The molecule has 2 aliphatic heterocycles. The maximum Gasteiger partial charge on any atom is 0.536 e. The fourth-order valence-corrected chi connectivity index (χ4v) is 3.50. The van der Waals surface area contributed by atoms with Crippen LogP contribution >= 0.6 is 0 Å². The molecule has 1 aliphatic carbocycles. The molecule has 0 aromatic carbocycles. The van der Waals surface area contributed by atoms with Crippen molar-refractivity contribution in [3.8, 4) is 0 Å². The maximum atomic E-state index is 12.1. The van der Waals surface area contributed by atoms with Crippen molar-refractivity contribution in [1.29, 1.82) is 0 Å². The van der Waals surface area contributed by atoms with Gasteiger partial charge in [-0.3, -0.25) is 24.0 Å². The number of amides is 3. The van der Waals surface area contributed by atoms with Crippen LogP contribution < -0.4 is 5.32 Å². The summed E-state index contributed by atoms with van der Waals surface area (Å²) >= 11 is 0. The molecule has 1 saturated heterocycles. The number of carbonyl (C=O) groups excluding carboxylic acids is 5. The number of nitrogens with zero attached hydrogens (tertiary/aromatic N) is 3. The van der Waals surface area contributed by atoms with Gasteiger partial charge in [0, 0.05) is 32.2 Å². The van der Waals surface area contributed by atoms with Gasteiger partial charge in [0.05, 0.1) is 5.92 Å². The lowest BCUT2D eigenvalue weighted by atomic mass is 9.82. The quantitative estimate of drug-likeness (QED) is 0.323. The van der Waals surface area contributed by atoms with Gasteiger partial charge < -0.3 is 14.8 Å². The Hall–Kier alpha value is -3.05. The van der Waals surface area contributed by atoms with Gasteiger partial charge in [0.1, 0.15) is 0 Å². The van der Waals surface area contributed by atoms with Gasteiger partial charge in [-0.25, -0.2) is 4.79 Å². The van der Waals surface area contributed by atoms with E-state index in [4.69, 9.17) is 4.74 Å². The second-order valence-electron chi connectivity index (χ2n) is 8.09. The standard InChI is InChI=1S/C19H26N4O8/c1-19(21-22-19)9-8-14(24)20-10-12-2-4-13(5-3-12)17(27)29-11-30-18(28)31-23-15(25)6-7-16(23)26/h12-13H,2-11H2,1H3,(H,20,24). The monoisotopic (exact) mass is 438 g/mol. The minimum absolute atomic E-state index is 0.0265. The van der Waals surface area contributed by atoms with Gasteiger partial charge in [0.2, 0.25) is 12.7 Å². The lowest BCUT2D eigenvalue weighted by Gasteiger charge is -2.27. The van der Waals surface area contributed by atoms with Crippen molar-refractivity contribution in [3.63, 3.8) is 0 Å². The first-order chi connectivity index (χ1) is 14.8. The van der Waals surface area contributed by atoms with Crippen LogP contribution in [0.4, 0.5) is 4.79 Å². The van der Waals surface area contributed by atoms with E-state index in [1.165, 1.54) is 0 Å². The fraction of sp³-hybridized carbons (Fsp3) is 0.737. The Balaban J connectivity index is 1.25. The molecule has 170 valence electrons. The minimum Gasteiger partial charge on any atom is -0.427 e. The molecule has 3 rings (SSSR count). The first-order valence-electron chi connectivity index (χ1n) is 10.3. The van der Waals surface area contributed by atoms with E-state index < -0.39 is 30.7 Å². The molecule has 0 aromatic heterocycles. The predicted octanol–water partition coefficient (Wildman–Crippen LogP) is 1.59. The smallest absolute Gasteiger partial charge is 0.427 e. The highest BCUT2D eigenvalue weighted by atomic mass is 16.9. The summed E-state index contributed by atoms with van der Waals surface area (Å²) in [5.41, 5.74) is -0.376. The summed E-state index contributed by atoms with van der Waals surface area (Å²) in [5, 5.41) is 11.0. The minimum atomic E-state index is -1.30. The van der Waals surface area contributed by atoms with E-state index in [0.29, 0.717) is 43.2 Å². The number of esters is 1. The van der Waals surface area contributed by atoms with Crippen LogP contribution in [-0.4, -0.2) is 53.9 Å². The van der Waals surface area contributed by atoms with Crippen LogP contribution in [0, 0.1) is 11.8 Å². The summed E-state index contributed by atoms with van der Waals surface area (Å²) in [6.07, 6.45) is 2.39. The molecule has 0 unspecified atom stereocenters. The summed E-state index contributed by atoms with van der Waals surface area (Å²) in [4.78, 5) is 62.7. The van der Waals surface area contributed by atoms with Crippen LogP contribution in [0.3, 0.4) is 0 Å². The molecule has 1 N–H and O–H groups in total. The second-order valence-corrected chi connectivity index (χ2v) is 8.09. The van der Waals surface area contributed by atoms with Crippen molar-refractivity contribution in [1.82, 2.24) is 10.4 Å². The topological polar surface area (TPSA) is 153 Å². The molecule has 12 heteroatoms. The largest absolute Gasteiger partial charge is 0.536 e. The average molecular weight is 438 g/mol. The molecule has 0 spiro atoms. The summed E-state index contributed by atoms with van der Waals surface area (Å²) in [7, 11) is 0. The lowest BCUT2D eigenvalue weighted by Crippen LogP contribution is -2.34. The summed E-state index contributed by atoms with van der Waals surface area (Å²) in [6, 6.07) is 0. The van der Waals surface area contributed by atoms with Crippen molar-refractivity contribution in [2.75, 3.05) is 13.3 Å². The van der Waals surface area contributed by atoms with Crippen LogP contribution in [0.5, 0.6) is 0 Å². The summed E-state index contributed by atoms with van der Waals surface area (Å²) < 4.78 is 9.52. The Bertz CT molecular complexity index is 753. The zero-order valence-electron chi connectivity index (χ0n) is 17.3. The first kappa shape index (κ1) is 22.6. The van der Waals surface area contributed by atoms with Crippen LogP contribution in [0.1, 0.15) is 58.3 Å². The molecule has 0 aromatic rings. The van der Waals surface area contributed by atoms with Crippen molar-refractivity contribution in [3.05, 3.63) is 0 Å². The van der Waals surface area contributed by atoms with Crippen LogP contribution in [0.25, 0.3) is 0 Å². The molecule has 3 amide bonds. The Morgan fingerprint density at radius 1 is 1.06 bits per heavy atom. The van der Waals surface area contributed by atoms with Crippen molar-refractivity contribution in [2.24, 2.45) is 22.1 Å². The number of ether oxygens (including phenoxy) is 2. The molecule has 0 radical (unpaired) electrons. The number of hydrogen-bond acceptors (Lipinski definition) is 10. The van der Waals surface area contributed by atoms with Crippen molar-refractivity contribution >= 4 is 29.8 Å². The number of nitrogens with one attached hydrogen (secondary N) is 1. The number of carbonyl (C=O) groups is 5. The highest BCUT2D eigenvalue weighted by Crippen LogP contribution is 2.32. The van der Waals surface area contributed by atoms with Crippen molar-refractivity contribution in [2.45, 2.75) is 64.0 Å². The zero-order chi connectivity index (χ0) is 22.4. The van der Waals surface area contributed by atoms with Gasteiger partial charge in [-0.15, -0.1) is 0 Å². The second kappa shape index (κ2) is 9.84. The highest BCUT2D eigenvalue weighted by Gasteiger charge is 2.35. The van der Waals surface area contributed by atoms with Crippen LogP contribution in [0.15, 0.2) is 10.2 Å². The normalized spacial score (nSPS) is 24.0. The SMILES string of the molecule is CC1(CCC(=O)NCC2CCC(C(=O)OCOC(=O)ON3C(=O)CCC3=O)CC2)N=N1. The lowest BCUT2D eigenvalue weighted by molar-refractivity contribution is -0.183. The molecule has 12 nitrogen and oxygen atoms in total. The molecule has 3 aliphatic rings. The van der Waals surface area contributed by atoms with E-state index in [0.717, 1.165) is 12.8 Å². The van der Waals surface area contributed by atoms with E-state index in [9.17, 15) is 24.0 Å². The summed E-state index contributed by atoms with van der Waals surface area (Å²) in [5.74, 6) is -1.80. The predicted molar refractivity (Wildman–Crippen MR) is 101 cm³/mol. The number of hydroxylamine groups is 2. The Morgan fingerprint density at radius 3 is 2.32 bits per heavy atom. The molecule has 0 bridgehead atoms. The first-order valence-corrected chi connectivity index (χ1v) is 10.3. The Kier molecular flexibility index (Phi) is 7.18. The van der Waals surface area contributed by atoms with E-state index in [-0.39, 0.29) is 30.3 Å². The van der Waals surface area contributed by atoms with E-state index in [2.05, 4.69) is 25.1 Å². The summed E-state index contributed by atoms with van der Waals surface area (Å²) in [6.45, 7) is 1.78. The van der Waals surface area contributed by atoms with Crippen LogP contribution in [0.2, 0.25) is 0 Å². The third-order valence-electron chi connectivity index (χ3n) is 5.58. The van der Waals surface area contributed by atoms with E-state index >= 15 is 0 Å². The zero-order valence-corrected chi connectivity index (χ0v) is 17.3. The number of rotatable bonds is 9. The molecule has 2 fully saturated rings. The van der Waals surface area contributed by atoms with Crippen molar-refractivity contribution < 1.29 is 38.3 Å². The maximum absolute atomic E-state index is 12.1. The third-order valence-corrected chi connectivity index (χ3v) is 5.58. The Labute approximate surface area is 178 Å². The number of imide groups is 1. The van der Waals surface area contributed by atoms with Gasteiger partial charge in [-0.2, -0.15) is 10.2 Å². The molecule has 1 saturated carbocycles. The molecule has 2 heterocycles. The van der Waals surface area contributed by atoms with Gasteiger partial charge in [-0.1, -0.05) is 5.06 Å². The Morgan fingerprint density at radius 2 is 1.71 bits per heavy atom.